The van der Waals surface area contributed by atoms with Crippen molar-refractivity contribution in [2.24, 2.45) is 5.92 Å². The molecule has 1 aliphatic rings. The van der Waals surface area contributed by atoms with Crippen molar-refractivity contribution in [1.29, 1.82) is 0 Å². The topological polar surface area (TPSA) is 9.23 Å². The first-order chi connectivity index (χ1) is 4.66. The van der Waals surface area contributed by atoms with E-state index < -0.39 is 6.17 Å². The summed E-state index contributed by atoms with van der Waals surface area (Å²) < 4.78 is 18.3. The van der Waals surface area contributed by atoms with Crippen molar-refractivity contribution < 1.29 is 9.13 Å². The maximum atomic E-state index is 13.0. The summed E-state index contributed by atoms with van der Waals surface area (Å²) >= 11 is 3.13. The Bertz CT molecular complexity index is 120. The Hall–Kier alpha value is 0.370. The summed E-state index contributed by atoms with van der Waals surface area (Å²) in [5, 5.41) is -0.382. The van der Waals surface area contributed by atoms with E-state index in [-0.39, 0.29) is 17.0 Å². The van der Waals surface area contributed by atoms with Crippen LogP contribution in [0.4, 0.5) is 4.39 Å². The van der Waals surface area contributed by atoms with Crippen molar-refractivity contribution in [1.82, 2.24) is 0 Å². The molecule has 0 unspecified atom stereocenters. The van der Waals surface area contributed by atoms with Crippen LogP contribution in [-0.4, -0.2) is 17.3 Å². The summed E-state index contributed by atoms with van der Waals surface area (Å²) in [4.78, 5) is 0. The standard InChI is InChI=1S/C7H12BrFO/c1-3-5-4(2)6(9)7(8)10-5/h4-7H,3H2,1-2H3/t4-,5-,6+,7+/m1/s1. The maximum Gasteiger partial charge on any atom is 0.144 e. The first-order valence-electron chi connectivity index (χ1n) is 3.60. The van der Waals surface area contributed by atoms with Crippen LogP contribution < -0.4 is 0 Å². The van der Waals surface area contributed by atoms with Gasteiger partial charge in [0.25, 0.3) is 0 Å². The fourth-order valence-corrected chi connectivity index (χ4v) is 2.04. The molecule has 1 aliphatic heterocycles. The number of halogens is 2. The molecular formula is C7H12BrFO. The molecule has 1 nitrogen and oxygen atoms in total. The van der Waals surface area contributed by atoms with Gasteiger partial charge < -0.3 is 4.74 Å². The first-order valence-corrected chi connectivity index (χ1v) is 4.52. The van der Waals surface area contributed by atoms with E-state index in [1.807, 2.05) is 13.8 Å². The van der Waals surface area contributed by atoms with E-state index in [4.69, 9.17) is 4.74 Å². The number of hydrogen-bond acceptors (Lipinski definition) is 1. The normalized spacial score (nSPS) is 48.0. The molecule has 1 saturated heterocycles. The molecule has 1 rings (SSSR count). The maximum absolute atomic E-state index is 13.0. The number of alkyl halides is 2. The molecule has 3 heteroatoms. The fourth-order valence-electron chi connectivity index (χ4n) is 1.28. The van der Waals surface area contributed by atoms with Crippen LogP contribution in [0.2, 0.25) is 0 Å². The lowest BCUT2D eigenvalue weighted by atomic mass is 10.0. The van der Waals surface area contributed by atoms with Crippen LogP contribution in [0.3, 0.4) is 0 Å². The lowest BCUT2D eigenvalue weighted by Gasteiger charge is -2.10. The fraction of sp³-hybridized carbons (Fsp3) is 1.00. The summed E-state index contributed by atoms with van der Waals surface area (Å²) in [5.74, 6) is 0.0365. The SMILES string of the molecule is CC[C@H]1O[C@H](Br)[C@@H](F)[C@@H]1C. The Morgan fingerprint density at radius 3 is 2.40 bits per heavy atom. The Balaban J connectivity index is 2.53. The zero-order chi connectivity index (χ0) is 7.72. The third-order valence-electron chi connectivity index (χ3n) is 2.05. The van der Waals surface area contributed by atoms with Gasteiger partial charge in [0.1, 0.15) is 11.2 Å². The molecule has 0 aromatic carbocycles. The zero-order valence-corrected chi connectivity index (χ0v) is 7.77. The van der Waals surface area contributed by atoms with Gasteiger partial charge >= 0.3 is 0 Å². The lowest BCUT2D eigenvalue weighted by Crippen LogP contribution is -2.17. The van der Waals surface area contributed by atoms with Gasteiger partial charge in [-0.05, 0) is 6.42 Å². The number of ether oxygens (including phenoxy) is 1. The molecule has 1 fully saturated rings. The predicted octanol–water partition coefficient (Wildman–Crippen LogP) is 2.49. The van der Waals surface area contributed by atoms with Crippen LogP contribution >= 0.6 is 15.9 Å². The van der Waals surface area contributed by atoms with E-state index in [9.17, 15) is 4.39 Å². The van der Waals surface area contributed by atoms with Crippen molar-refractivity contribution in [3.8, 4) is 0 Å². The van der Waals surface area contributed by atoms with Crippen LogP contribution in [-0.2, 0) is 4.74 Å². The van der Waals surface area contributed by atoms with Gasteiger partial charge in [-0.1, -0.05) is 29.8 Å². The number of hydrogen-bond donors (Lipinski definition) is 0. The largest absolute Gasteiger partial charge is 0.360 e. The smallest absolute Gasteiger partial charge is 0.144 e. The Morgan fingerprint density at radius 2 is 2.20 bits per heavy atom. The van der Waals surface area contributed by atoms with E-state index in [0.717, 1.165) is 6.42 Å². The number of rotatable bonds is 1. The van der Waals surface area contributed by atoms with Gasteiger partial charge in [0.05, 0.1) is 6.10 Å². The highest BCUT2D eigenvalue weighted by Gasteiger charge is 2.39. The minimum atomic E-state index is -0.843. The van der Waals surface area contributed by atoms with Gasteiger partial charge in [0, 0.05) is 5.92 Å². The Kier molecular flexibility index (Phi) is 2.69. The van der Waals surface area contributed by atoms with Gasteiger partial charge in [-0.3, -0.25) is 0 Å². The average Bonchev–Trinajstić information content (AvgIpc) is 2.17. The molecule has 0 spiro atoms. The van der Waals surface area contributed by atoms with Crippen LogP contribution in [0.15, 0.2) is 0 Å². The summed E-state index contributed by atoms with van der Waals surface area (Å²) in [6.45, 7) is 3.90. The third kappa shape index (κ3) is 1.35. The highest BCUT2D eigenvalue weighted by Crippen LogP contribution is 2.33. The van der Waals surface area contributed by atoms with Crippen LogP contribution in [0.5, 0.6) is 0 Å². The second-order valence-corrected chi connectivity index (χ2v) is 3.64. The molecule has 10 heavy (non-hydrogen) atoms. The van der Waals surface area contributed by atoms with Crippen molar-refractivity contribution >= 4 is 15.9 Å². The van der Waals surface area contributed by atoms with Gasteiger partial charge in [0.2, 0.25) is 0 Å². The molecule has 60 valence electrons. The minimum absolute atomic E-state index is 0.0365. The quantitative estimate of drug-likeness (QED) is 0.605. The first kappa shape index (κ1) is 8.47. The molecular weight excluding hydrogens is 199 g/mol. The molecule has 0 N–H and O–H groups in total. The van der Waals surface area contributed by atoms with Gasteiger partial charge in [-0.15, -0.1) is 0 Å². The van der Waals surface area contributed by atoms with E-state index in [1.54, 1.807) is 0 Å². The molecule has 0 radical (unpaired) electrons. The molecule has 0 amide bonds. The Labute approximate surface area is 69.1 Å². The zero-order valence-electron chi connectivity index (χ0n) is 6.18. The van der Waals surface area contributed by atoms with E-state index in [1.165, 1.54) is 0 Å². The second-order valence-electron chi connectivity index (χ2n) is 2.74. The summed E-state index contributed by atoms with van der Waals surface area (Å²) in [5.41, 5.74) is 0. The molecule has 0 aliphatic carbocycles. The summed E-state index contributed by atoms with van der Waals surface area (Å²) in [6, 6.07) is 0. The molecule has 0 aromatic heterocycles. The molecule has 1 heterocycles. The Morgan fingerprint density at radius 1 is 1.60 bits per heavy atom. The van der Waals surface area contributed by atoms with Crippen LogP contribution in [0, 0.1) is 5.92 Å². The van der Waals surface area contributed by atoms with Crippen molar-refractivity contribution in [3.63, 3.8) is 0 Å². The van der Waals surface area contributed by atoms with Gasteiger partial charge in [0.15, 0.2) is 0 Å². The predicted molar refractivity (Wildman–Crippen MR) is 41.9 cm³/mol. The van der Waals surface area contributed by atoms with Gasteiger partial charge in [-0.2, -0.15) is 0 Å². The van der Waals surface area contributed by atoms with Crippen LogP contribution in [0.25, 0.3) is 0 Å². The van der Waals surface area contributed by atoms with Crippen molar-refractivity contribution in [3.05, 3.63) is 0 Å². The van der Waals surface area contributed by atoms with Gasteiger partial charge in [-0.25, -0.2) is 4.39 Å². The van der Waals surface area contributed by atoms with E-state index >= 15 is 0 Å². The monoisotopic (exact) mass is 210 g/mol. The average molecular weight is 211 g/mol. The van der Waals surface area contributed by atoms with Crippen LogP contribution in [0.1, 0.15) is 20.3 Å². The minimum Gasteiger partial charge on any atom is -0.360 e. The second kappa shape index (κ2) is 3.18. The third-order valence-corrected chi connectivity index (χ3v) is 2.77. The molecule has 0 bridgehead atoms. The highest BCUT2D eigenvalue weighted by atomic mass is 79.9. The molecule has 0 saturated carbocycles. The lowest BCUT2D eigenvalue weighted by molar-refractivity contribution is 0.0750. The molecule has 0 aromatic rings. The summed E-state index contributed by atoms with van der Waals surface area (Å²) in [7, 11) is 0. The highest BCUT2D eigenvalue weighted by molar-refractivity contribution is 9.09. The van der Waals surface area contributed by atoms with E-state index in [2.05, 4.69) is 15.9 Å². The van der Waals surface area contributed by atoms with Crippen molar-refractivity contribution in [2.75, 3.05) is 0 Å². The summed E-state index contributed by atoms with van der Waals surface area (Å²) in [6.07, 6.45) is 0.147. The molecule has 4 atom stereocenters. The van der Waals surface area contributed by atoms with Crippen molar-refractivity contribution in [2.45, 2.75) is 37.6 Å². The van der Waals surface area contributed by atoms with E-state index in [0.29, 0.717) is 0 Å².